The second kappa shape index (κ2) is 7.12. The van der Waals surface area contributed by atoms with Crippen molar-refractivity contribution in [3.05, 3.63) is 65.5 Å². The number of carboxylic acids is 1. The van der Waals surface area contributed by atoms with Gasteiger partial charge in [-0.05, 0) is 42.2 Å². The number of nitrogens with zero attached hydrogens (tertiary/aromatic N) is 2. The first-order valence-electron chi connectivity index (χ1n) is 7.89. The first kappa shape index (κ1) is 16.0. The Morgan fingerprint density at radius 2 is 1.92 bits per heavy atom. The molecule has 0 bridgehead atoms. The largest absolute Gasteiger partial charge is 0.478 e. The van der Waals surface area contributed by atoms with Crippen molar-refractivity contribution in [3.8, 4) is 0 Å². The van der Waals surface area contributed by atoms with Crippen LogP contribution in [0.15, 0.2) is 48.8 Å². The number of aromatic nitrogens is 1. The monoisotopic (exact) mass is 325 g/mol. The molecule has 24 heavy (non-hydrogen) atoms. The van der Waals surface area contributed by atoms with Gasteiger partial charge in [0.25, 0.3) is 0 Å². The van der Waals surface area contributed by atoms with E-state index in [2.05, 4.69) is 10.3 Å². The van der Waals surface area contributed by atoms with E-state index in [1.807, 2.05) is 17.0 Å². The van der Waals surface area contributed by atoms with Gasteiger partial charge in [0.2, 0.25) is 0 Å². The Bertz CT molecular complexity index is 712. The molecule has 1 aliphatic rings. The summed E-state index contributed by atoms with van der Waals surface area (Å²) in [5.41, 5.74) is 2.11. The zero-order chi connectivity index (χ0) is 16.9. The maximum Gasteiger partial charge on any atom is 0.335 e. The van der Waals surface area contributed by atoms with Crippen molar-refractivity contribution >= 4 is 12.0 Å². The molecule has 0 atom stereocenters. The van der Waals surface area contributed by atoms with Gasteiger partial charge < -0.3 is 15.3 Å². The Balaban J connectivity index is 1.58. The minimum Gasteiger partial charge on any atom is -0.478 e. The van der Waals surface area contributed by atoms with Crippen molar-refractivity contribution in [2.45, 2.75) is 32.0 Å². The second-order valence-corrected chi connectivity index (χ2v) is 5.88. The van der Waals surface area contributed by atoms with E-state index in [0.29, 0.717) is 19.1 Å². The average Bonchev–Trinajstić information content (AvgIpc) is 3.44. The van der Waals surface area contributed by atoms with Gasteiger partial charge in [-0.15, -0.1) is 0 Å². The highest BCUT2D eigenvalue weighted by Crippen LogP contribution is 2.28. The minimum atomic E-state index is -0.957. The number of aromatic carboxylic acids is 1. The third-order valence-corrected chi connectivity index (χ3v) is 3.97. The normalized spacial score (nSPS) is 13.3. The number of amides is 2. The fourth-order valence-electron chi connectivity index (χ4n) is 2.49. The van der Waals surface area contributed by atoms with E-state index >= 15 is 0 Å². The van der Waals surface area contributed by atoms with Crippen LogP contribution in [-0.4, -0.2) is 33.0 Å². The second-order valence-electron chi connectivity index (χ2n) is 5.88. The zero-order valence-corrected chi connectivity index (χ0v) is 13.2. The van der Waals surface area contributed by atoms with Crippen LogP contribution in [0.25, 0.3) is 0 Å². The van der Waals surface area contributed by atoms with Gasteiger partial charge >= 0.3 is 12.0 Å². The van der Waals surface area contributed by atoms with E-state index in [0.717, 1.165) is 24.0 Å². The number of hydrogen-bond donors (Lipinski definition) is 2. The molecule has 1 fully saturated rings. The molecule has 1 saturated carbocycles. The number of carbonyl (C=O) groups excluding carboxylic acids is 1. The molecule has 6 nitrogen and oxygen atoms in total. The molecule has 124 valence electrons. The van der Waals surface area contributed by atoms with Crippen molar-refractivity contribution in [1.82, 2.24) is 15.2 Å². The third kappa shape index (κ3) is 4.10. The van der Waals surface area contributed by atoms with Crippen molar-refractivity contribution in [3.63, 3.8) is 0 Å². The lowest BCUT2D eigenvalue weighted by Crippen LogP contribution is -2.40. The lowest BCUT2D eigenvalue weighted by Gasteiger charge is -2.23. The molecule has 0 unspecified atom stereocenters. The Morgan fingerprint density at radius 3 is 2.50 bits per heavy atom. The topological polar surface area (TPSA) is 82.5 Å². The fraction of sp³-hybridized carbons (Fsp3) is 0.278. The third-order valence-electron chi connectivity index (χ3n) is 3.97. The van der Waals surface area contributed by atoms with E-state index in [4.69, 9.17) is 5.11 Å². The van der Waals surface area contributed by atoms with Crippen LogP contribution in [0.3, 0.4) is 0 Å². The average molecular weight is 325 g/mol. The van der Waals surface area contributed by atoms with Gasteiger partial charge in [0.15, 0.2) is 0 Å². The van der Waals surface area contributed by atoms with Crippen LogP contribution in [0.1, 0.15) is 34.3 Å². The van der Waals surface area contributed by atoms with Gasteiger partial charge in [0.05, 0.1) is 5.56 Å². The first-order chi connectivity index (χ1) is 11.6. The van der Waals surface area contributed by atoms with Crippen LogP contribution in [0.5, 0.6) is 0 Å². The maximum atomic E-state index is 12.5. The Morgan fingerprint density at radius 1 is 1.17 bits per heavy atom. The molecule has 2 amide bonds. The summed E-state index contributed by atoms with van der Waals surface area (Å²) in [6, 6.07) is 10.5. The summed E-state index contributed by atoms with van der Waals surface area (Å²) in [5, 5.41) is 11.8. The minimum absolute atomic E-state index is 0.108. The van der Waals surface area contributed by atoms with E-state index in [9.17, 15) is 9.59 Å². The van der Waals surface area contributed by atoms with Crippen LogP contribution in [0.4, 0.5) is 4.79 Å². The number of benzene rings is 1. The Labute approximate surface area is 140 Å². The summed E-state index contributed by atoms with van der Waals surface area (Å²) in [5.74, 6) is -0.957. The maximum absolute atomic E-state index is 12.5. The lowest BCUT2D eigenvalue weighted by molar-refractivity contribution is 0.0697. The highest BCUT2D eigenvalue weighted by atomic mass is 16.4. The van der Waals surface area contributed by atoms with Gasteiger partial charge in [-0.25, -0.2) is 9.59 Å². The first-order valence-corrected chi connectivity index (χ1v) is 7.89. The zero-order valence-electron chi connectivity index (χ0n) is 13.2. The highest BCUT2D eigenvalue weighted by Gasteiger charge is 2.32. The molecule has 3 rings (SSSR count). The smallest absolute Gasteiger partial charge is 0.335 e. The molecular weight excluding hydrogens is 306 g/mol. The summed E-state index contributed by atoms with van der Waals surface area (Å²) in [6.45, 7) is 0.914. The summed E-state index contributed by atoms with van der Waals surface area (Å²) in [4.78, 5) is 29.2. The molecule has 1 aromatic carbocycles. The quantitative estimate of drug-likeness (QED) is 0.855. The number of urea groups is 1. The summed E-state index contributed by atoms with van der Waals surface area (Å²) in [6.07, 6.45) is 5.54. The molecule has 6 heteroatoms. The molecule has 1 aromatic heterocycles. The van der Waals surface area contributed by atoms with E-state index in [1.165, 1.54) is 12.1 Å². The molecule has 1 heterocycles. The summed E-state index contributed by atoms with van der Waals surface area (Å²) < 4.78 is 0. The fourth-order valence-corrected chi connectivity index (χ4v) is 2.49. The van der Waals surface area contributed by atoms with Gasteiger partial charge in [0.1, 0.15) is 0 Å². The highest BCUT2D eigenvalue weighted by molar-refractivity contribution is 5.87. The van der Waals surface area contributed by atoms with Crippen LogP contribution in [0, 0.1) is 0 Å². The van der Waals surface area contributed by atoms with E-state index in [-0.39, 0.29) is 11.6 Å². The molecule has 0 aliphatic heterocycles. The van der Waals surface area contributed by atoms with E-state index < -0.39 is 5.97 Å². The predicted molar refractivity (Wildman–Crippen MR) is 88.4 cm³/mol. The number of carboxylic acid groups (broad SMARTS) is 1. The van der Waals surface area contributed by atoms with Crippen LogP contribution in [-0.2, 0) is 13.1 Å². The van der Waals surface area contributed by atoms with Gasteiger partial charge in [0, 0.05) is 31.5 Å². The number of carbonyl (C=O) groups is 2. The number of hydrogen-bond acceptors (Lipinski definition) is 3. The molecule has 2 N–H and O–H groups in total. The number of nitrogens with one attached hydrogen (secondary N) is 1. The summed E-state index contributed by atoms with van der Waals surface area (Å²) in [7, 11) is 0. The SMILES string of the molecule is O=C(O)c1ccc(CNC(=O)N(Cc2cccnc2)C2CC2)cc1. The van der Waals surface area contributed by atoms with Gasteiger partial charge in [-0.1, -0.05) is 18.2 Å². The molecule has 2 aromatic rings. The molecule has 1 aliphatic carbocycles. The molecule has 0 spiro atoms. The van der Waals surface area contributed by atoms with Crippen molar-refractivity contribution in [2.75, 3.05) is 0 Å². The van der Waals surface area contributed by atoms with Crippen LogP contribution < -0.4 is 5.32 Å². The molecular formula is C18H19N3O3. The molecule has 0 saturated heterocycles. The van der Waals surface area contributed by atoms with Crippen molar-refractivity contribution in [2.24, 2.45) is 0 Å². The van der Waals surface area contributed by atoms with Gasteiger partial charge in [-0.3, -0.25) is 4.98 Å². The Kier molecular flexibility index (Phi) is 4.74. The van der Waals surface area contributed by atoms with Crippen LogP contribution in [0.2, 0.25) is 0 Å². The van der Waals surface area contributed by atoms with Gasteiger partial charge in [-0.2, -0.15) is 0 Å². The van der Waals surface area contributed by atoms with Crippen molar-refractivity contribution < 1.29 is 14.7 Å². The Hall–Kier alpha value is -2.89. The number of rotatable bonds is 6. The van der Waals surface area contributed by atoms with Crippen LogP contribution >= 0.6 is 0 Å². The lowest BCUT2D eigenvalue weighted by atomic mass is 10.1. The molecule has 0 radical (unpaired) electrons. The summed E-state index contributed by atoms with van der Waals surface area (Å²) >= 11 is 0. The van der Waals surface area contributed by atoms with E-state index in [1.54, 1.807) is 24.5 Å². The number of pyridine rings is 1. The standard InChI is InChI=1S/C18H19N3O3/c22-17(23)15-5-3-13(4-6-15)11-20-18(24)21(16-7-8-16)12-14-2-1-9-19-10-14/h1-6,9-10,16H,7-8,11-12H2,(H,20,24)(H,22,23). The van der Waals surface area contributed by atoms with Crippen molar-refractivity contribution in [1.29, 1.82) is 0 Å². The predicted octanol–water partition coefficient (Wildman–Crippen LogP) is 2.65.